The van der Waals surface area contributed by atoms with Crippen LogP contribution in [0.3, 0.4) is 0 Å². The van der Waals surface area contributed by atoms with Crippen molar-refractivity contribution in [2.45, 2.75) is 33.3 Å². The third-order valence-corrected chi connectivity index (χ3v) is 5.49. The number of aromatic hydroxyl groups is 1. The van der Waals surface area contributed by atoms with Gasteiger partial charge in [0.05, 0.1) is 24.1 Å². The van der Waals surface area contributed by atoms with Crippen molar-refractivity contribution in [1.29, 1.82) is 0 Å². The number of nitrogens with one attached hydrogen (secondary N) is 2. The maximum absolute atomic E-state index is 12.2. The molecule has 1 amide bonds. The van der Waals surface area contributed by atoms with E-state index in [9.17, 15) is 14.5 Å². The van der Waals surface area contributed by atoms with Gasteiger partial charge in [-0.05, 0) is 23.1 Å². The molecule has 3 N–H and O–H groups in total. The molecule has 0 saturated carbocycles. The first kappa shape index (κ1) is 21.8. The first-order valence-corrected chi connectivity index (χ1v) is 10.6. The van der Waals surface area contributed by atoms with E-state index in [4.69, 9.17) is 4.74 Å². The Morgan fingerprint density at radius 1 is 1.47 bits per heavy atom. The van der Waals surface area contributed by atoms with Crippen LogP contribution >= 0.6 is 11.1 Å². The van der Waals surface area contributed by atoms with Crippen LogP contribution in [0.2, 0.25) is 0 Å². The normalized spacial score (nSPS) is 17.5. The van der Waals surface area contributed by atoms with Gasteiger partial charge in [-0.2, -0.15) is 0 Å². The van der Waals surface area contributed by atoms with Gasteiger partial charge in [-0.15, -0.1) is 4.37 Å². The highest BCUT2D eigenvalue weighted by Gasteiger charge is 2.27. The van der Waals surface area contributed by atoms with Gasteiger partial charge in [-0.1, -0.05) is 26.8 Å². The van der Waals surface area contributed by atoms with Crippen LogP contribution in [0.25, 0.3) is 0 Å². The molecule has 0 bridgehead atoms. The molecule has 162 valence electrons. The number of ether oxygens (including phenoxy) is 1. The van der Waals surface area contributed by atoms with Crippen LogP contribution < -0.4 is 10.8 Å². The monoisotopic (exact) mass is 433 g/mol. The second-order valence-electron chi connectivity index (χ2n) is 8.36. The van der Waals surface area contributed by atoms with Gasteiger partial charge in [-0.3, -0.25) is 9.79 Å². The second-order valence-corrected chi connectivity index (χ2v) is 9.25. The molecule has 2 atom stereocenters. The Hall–Kier alpha value is -2.85. The van der Waals surface area contributed by atoms with Crippen molar-refractivity contribution in [2.24, 2.45) is 10.4 Å². The minimum atomic E-state index is -1.67. The van der Waals surface area contributed by atoms with Crippen LogP contribution in [0.15, 0.2) is 35.0 Å². The third-order valence-electron chi connectivity index (χ3n) is 4.77. The number of benzene rings is 1. The van der Waals surface area contributed by atoms with Crippen molar-refractivity contribution >= 4 is 28.6 Å². The number of anilines is 2. The number of H-pyrrole nitrogens is 1. The lowest BCUT2D eigenvalue weighted by Gasteiger charge is -2.18. The van der Waals surface area contributed by atoms with E-state index < -0.39 is 11.1 Å². The third kappa shape index (κ3) is 4.82. The molecule has 0 saturated heterocycles. The lowest BCUT2D eigenvalue weighted by atomic mass is 9.85. The number of carbonyl (C=O) groups excluding carboxylic acids is 1. The Labute approximate surface area is 178 Å². The molecule has 0 fully saturated rings. The van der Waals surface area contributed by atoms with E-state index in [0.29, 0.717) is 12.0 Å². The quantitative estimate of drug-likeness (QED) is 0.492. The van der Waals surface area contributed by atoms with Gasteiger partial charge >= 0.3 is 0 Å². The molecule has 3 rings (SSSR count). The molecule has 9 nitrogen and oxygen atoms in total. The largest absolute Gasteiger partial charge is 0.548 e. The SMILES string of the molecule is CN(C)C(=O)c1cccc(Nc2n[s+]([O-])[nH]c2=NCC2CC(C(C)(C)C)=CO2)c1O. The van der Waals surface area contributed by atoms with E-state index in [1.54, 1.807) is 32.5 Å². The zero-order chi connectivity index (χ0) is 22.1. The molecule has 30 heavy (non-hydrogen) atoms. The number of para-hydroxylation sites is 1. The number of rotatable bonds is 5. The smallest absolute Gasteiger partial charge is 0.257 e. The van der Waals surface area contributed by atoms with Crippen molar-refractivity contribution < 1.29 is 19.2 Å². The molecule has 1 aromatic carbocycles. The summed E-state index contributed by atoms with van der Waals surface area (Å²) in [7, 11) is 3.21. The van der Waals surface area contributed by atoms with Crippen LogP contribution in [0.5, 0.6) is 5.75 Å². The summed E-state index contributed by atoms with van der Waals surface area (Å²) in [5, 5.41) is 13.4. The Kier molecular flexibility index (Phi) is 6.18. The van der Waals surface area contributed by atoms with E-state index in [0.717, 1.165) is 6.42 Å². The number of phenolic OH excluding ortho intramolecular Hbond substituents is 1. The van der Waals surface area contributed by atoms with E-state index in [1.165, 1.54) is 16.5 Å². The number of nitrogens with zero attached hydrogens (tertiary/aromatic N) is 3. The number of carbonyl (C=O) groups is 1. The maximum Gasteiger partial charge on any atom is 0.257 e. The fraction of sp³-hybridized carbons (Fsp3) is 0.450. The van der Waals surface area contributed by atoms with Crippen LogP contribution in [-0.4, -0.2) is 56.0 Å². The fourth-order valence-electron chi connectivity index (χ4n) is 2.96. The first-order valence-electron chi connectivity index (χ1n) is 9.54. The van der Waals surface area contributed by atoms with Gasteiger partial charge < -0.3 is 24.6 Å². The van der Waals surface area contributed by atoms with Crippen LogP contribution in [-0.2, 0) is 4.74 Å². The summed E-state index contributed by atoms with van der Waals surface area (Å²) < 4.78 is 24.3. The standard InChI is InChI=1S/C20H27N5O4S/c1-20(2,3)12-9-13(29-11-12)10-21-17-18(24-30(28)23-17)22-15-8-6-7-14(16(15)26)19(27)25(4)5/h6-8,11,13,26H,9-10H2,1-5H3,(H,21,23)(H,22,24). The van der Waals surface area contributed by atoms with Crippen molar-refractivity contribution in [3.8, 4) is 5.75 Å². The highest BCUT2D eigenvalue weighted by atomic mass is 32.2. The zero-order valence-electron chi connectivity index (χ0n) is 17.7. The summed E-state index contributed by atoms with van der Waals surface area (Å²) in [6.07, 6.45) is 2.47. The summed E-state index contributed by atoms with van der Waals surface area (Å²) in [6, 6.07) is 4.77. The lowest BCUT2D eigenvalue weighted by molar-refractivity contribution is 0.0824. The minimum absolute atomic E-state index is 0.0374. The zero-order valence-corrected chi connectivity index (χ0v) is 18.5. The molecule has 2 aromatic rings. The highest BCUT2D eigenvalue weighted by molar-refractivity contribution is 7.13. The predicted molar refractivity (Wildman–Crippen MR) is 114 cm³/mol. The van der Waals surface area contributed by atoms with E-state index in [-0.39, 0.29) is 40.2 Å². The molecule has 2 heterocycles. The molecule has 1 aliphatic rings. The summed E-state index contributed by atoms with van der Waals surface area (Å²) in [4.78, 5) is 18.1. The molecule has 1 aromatic heterocycles. The molecular formula is C20H27N5O4S. The van der Waals surface area contributed by atoms with E-state index in [2.05, 4.69) is 39.8 Å². The summed E-state index contributed by atoms with van der Waals surface area (Å²) >= 11 is -1.67. The predicted octanol–water partition coefficient (Wildman–Crippen LogP) is 2.91. The van der Waals surface area contributed by atoms with Gasteiger partial charge in [0.2, 0.25) is 11.3 Å². The average molecular weight is 434 g/mol. The number of hydrogen-bond acceptors (Lipinski definition) is 7. The lowest BCUT2D eigenvalue weighted by Crippen LogP contribution is -2.22. The summed E-state index contributed by atoms with van der Waals surface area (Å²) in [6.45, 7) is 6.76. The Morgan fingerprint density at radius 2 is 2.20 bits per heavy atom. The molecule has 0 spiro atoms. The number of hydrogen-bond donors (Lipinski definition) is 3. The van der Waals surface area contributed by atoms with Crippen LogP contribution in [0.1, 0.15) is 37.6 Å². The molecule has 0 radical (unpaired) electrons. The maximum atomic E-state index is 12.2. The molecule has 10 heteroatoms. The molecule has 1 aliphatic heterocycles. The Balaban J connectivity index is 1.79. The number of phenols is 1. The van der Waals surface area contributed by atoms with Gasteiger partial charge in [-0.25, -0.2) is 0 Å². The fourth-order valence-corrected chi connectivity index (χ4v) is 3.63. The molecule has 2 unspecified atom stereocenters. The summed E-state index contributed by atoms with van der Waals surface area (Å²) in [5.74, 6) is -0.324. The average Bonchev–Trinajstić information content (AvgIpc) is 3.27. The number of amides is 1. The topological polar surface area (TPSA) is 126 Å². The van der Waals surface area contributed by atoms with Gasteiger partial charge in [0, 0.05) is 24.9 Å². The molecule has 0 aliphatic carbocycles. The minimum Gasteiger partial charge on any atom is -0.548 e. The molecular weight excluding hydrogens is 406 g/mol. The van der Waals surface area contributed by atoms with Crippen molar-refractivity contribution in [1.82, 2.24) is 13.6 Å². The second kappa shape index (κ2) is 8.49. The van der Waals surface area contributed by atoms with Gasteiger partial charge in [0.1, 0.15) is 6.10 Å². The number of aromatic amines is 1. The number of aromatic nitrogens is 2. The Morgan fingerprint density at radius 3 is 2.83 bits per heavy atom. The van der Waals surface area contributed by atoms with E-state index in [1.807, 2.05) is 0 Å². The van der Waals surface area contributed by atoms with Gasteiger partial charge in [0.15, 0.2) is 16.9 Å². The summed E-state index contributed by atoms with van der Waals surface area (Å²) in [5.41, 5.74) is 1.98. The van der Waals surface area contributed by atoms with Gasteiger partial charge in [0.25, 0.3) is 5.91 Å². The first-order chi connectivity index (χ1) is 14.1. The van der Waals surface area contributed by atoms with E-state index >= 15 is 0 Å². The van der Waals surface area contributed by atoms with Crippen LogP contribution in [0, 0.1) is 5.41 Å². The highest BCUT2D eigenvalue weighted by Crippen LogP contribution is 2.34. The Bertz CT molecular complexity index is 1030. The van der Waals surface area contributed by atoms with Crippen molar-refractivity contribution in [2.75, 3.05) is 26.0 Å². The van der Waals surface area contributed by atoms with Crippen molar-refractivity contribution in [3.63, 3.8) is 0 Å². The van der Waals surface area contributed by atoms with Crippen LogP contribution in [0.4, 0.5) is 11.5 Å². The van der Waals surface area contributed by atoms with Crippen molar-refractivity contribution in [3.05, 3.63) is 41.1 Å².